The van der Waals surface area contributed by atoms with Gasteiger partial charge in [-0.15, -0.1) is 11.3 Å². The summed E-state index contributed by atoms with van der Waals surface area (Å²) in [5, 5.41) is 10.8. The molecule has 4 N–H and O–H groups in total. The summed E-state index contributed by atoms with van der Waals surface area (Å²) >= 11 is 2.44. The molecule has 4 heterocycles. The van der Waals surface area contributed by atoms with Gasteiger partial charge in [0, 0.05) is 29.6 Å². The molecule has 4 rings (SSSR count). The van der Waals surface area contributed by atoms with E-state index in [0.717, 1.165) is 22.6 Å². The van der Waals surface area contributed by atoms with E-state index < -0.39 is 33.6 Å². The first kappa shape index (κ1) is 24.9. The maximum absolute atomic E-state index is 13.0. The average molecular weight is 539 g/mol. The molecule has 2 aliphatic heterocycles. The van der Waals surface area contributed by atoms with Crippen LogP contribution in [0.3, 0.4) is 0 Å². The van der Waals surface area contributed by atoms with Gasteiger partial charge in [0.1, 0.15) is 24.2 Å². The number of anilines is 1. The second-order valence-electron chi connectivity index (χ2n) is 7.60. The summed E-state index contributed by atoms with van der Waals surface area (Å²) in [4.78, 5) is 63.2. The number of nitrogens with two attached hydrogens (primary N) is 1. The zero-order valence-corrected chi connectivity index (χ0v) is 21.4. The Morgan fingerprint density at radius 1 is 1.46 bits per heavy atom. The standard InChI is InChI=1S/C19H22N8O5S3/c1-8-9(5-34-19-23-14(29)15(30)24-26(19)2)7-35(4)17-12(16(31)27(8)17)22-13(28)11(25-32-3)10-6-33-18(20)21-10/h6,12,17H,4-5,7H2,1-3H3,(H2,20,21)(H,22,28)(H,24,30)/b25-11+. The van der Waals surface area contributed by atoms with Crippen molar-refractivity contribution >= 4 is 62.1 Å². The zero-order chi connectivity index (χ0) is 25.4. The molecule has 0 bridgehead atoms. The lowest BCUT2D eigenvalue weighted by molar-refractivity contribution is -0.145. The van der Waals surface area contributed by atoms with Crippen LogP contribution in [0.25, 0.3) is 0 Å². The molecule has 35 heavy (non-hydrogen) atoms. The van der Waals surface area contributed by atoms with Gasteiger partial charge in [-0.05, 0) is 12.5 Å². The molecule has 0 radical (unpaired) electrons. The highest BCUT2D eigenvalue weighted by Crippen LogP contribution is 2.44. The van der Waals surface area contributed by atoms with E-state index in [4.69, 9.17) is 10.6 Å². The highest BCUT2D eigenvalue weighted by atomic mass is 32.2. The summed E-state index contributed by atoms with van der Waals surface area (Å²) in [5.41, 5.74) is 5.95. The number of hydrogen-bond acceptors (Lipinski definition) is 11. The molecular formula is C19H22N8O5S3. The van der Waals surface area contributed by atoms with Gasteiger partial charge in [0.2, 0.25) is 0 Å². The average Bonchev–Trinajstić information content (AvgIpc) is 3.24. The van der Waals surface area contributed by atoms with Crippen molar-refractivity contribution in [1.82, 2.24) is 30.0 Å². The largest absolute Gasteiger partial charge is 0.398 e. The number of allylic oxidation sites excluding steroid dienone is 1. The Hall–Kier alpha value is -3.24. The number of aromatic nitrogens is 4. The van der Waals surface area contributed by atoms with Gasteiger partial charge in [0.25, 0.3) is 11.8 Å². The fourth-order valence-corrected chi connectivity index (χ4v) is 7.40. The van der Waals surface area contributed by atoms with E-state index in [0.29, 0.717) is 16.7 Å². The third kappa shape index (κ3) is 4.68. The molecule has 3 unspecified atom stereocenters. The van der Waals surface area contributed by atoms with Gasteiger partial charge in [-0.3, -0.25) is 33.9 Å². The quantitative estimate of drug-likeness (QED) is 0.103. The number of nitrogen functional groups attached to an aromatic ring is 1. The monoisotopic (exact) mass is 538 g/mol. The van der Waals surface area contributed by atoms with Crippen LogP contribution in [0, 0.1) is 0 Å². The van der Waals surface area contributed by atoms with Crippen LogP contribution in [-0.2, 0) is 21.5 Å². The Morgan fingerprint density at radius 3 is 2.86 bits per heavy atom. The van der Waals surface area contributed by atoms with Crippen LogP contribution < -0.4 is 22.2 Å². The second-order valence-corrected chi connectivity index (χ2v) is 11.3. The van der Waals surface area contributed by atoms with Gasteiger partial charge in [0.05, 0.1) is 0 Å². The molecule has 2 aromatic heterocycles. The molecule has 2 amide bonds. The number of carbonyl (C=O) groups excluding carboxylic acids is 2. The van der Waals surface area contributed by atoms with Crippen LogP contribution in [0.2, 0.25) is 0 Å². The number of nitrogens with zero attached hydrogens (tertiary/aromatic N) is 5. The van der Waals surface area contributed by atoms with Gasteiger partial charge in [-0.2, -0.15) is 15.5 Å². The number of oxime groups is 1. The Labute approximate surface area is 209 Å². The van der Waals surface area contributed by atoms with Gasteiger partial charge in [-0.25, -0.2) is 4.98 Å². The first-order valence-electron chi connectivity index (χ1n) is 10.1. The Bertz CT molecular complexity index is 1410. The molecule has 2 aliphatic rings. The van der Waals surface area contributed by atoms with Crippen LogP contribution >= 0.6 is 33.6 Å². The number of thiazole rings is 1. The summed E-state index contributed by atoms with van der Waals surface area (Å²) in [5.74, 6) is 4.45. The number of thioether (sulfide) groups is 1. The van der Waals surface area contributed by atoms with Crippen LogP contribution in [0.5, 0.6) is 0 Å². The number of fused-ring (bicyclic) bond motifs is 1. The molecular weight excluding hydrogens is 516 g/mol. The number of rotatable bonds is 7. The van der Waals surface area contributed by atoms with E-state index in [1.54, 1.807) is 17.3 Å². The summed E-state index contributed by atoms with van der Waals surface area (Å²) in [6, 6.07) is -0.757. The summed E-state index contributed by atoms with van der Waals surface area (Å²) in [6.45, 7) is 1.84. The molecule has 3 atom stereocenters. The topological polar surface area (TPSA) is 178 Å². The fourth-order valence-electron chi connectivity index (χ4n) is 3.67. The third-order valence-electron chi connectivity index (χ3n) is 5.39. The molecule has 0 saturated carbocycles. The highest BCUT2D eigenvalue weighted by molar-refractivity contribution is 8.15. The molecule has 13 nitrogen and oxygen atoms in total. The van der Waals surface area contributed by atoms with E-state index in [1.807, 2.05) is 6.92 Å². The van der Waals surface area contributed by atoms with Crippen LogP contribution in [-0.4, -0.2) is 78.1 Å². The van der Waals surface area contributed by atoms with Crippen molar-refractivity contribution in [1.29, 1.82) is 0 Å². The lowest BCUT2D eigenvalue weighted by atomic mass is 10.0. The first-order valence-corrected chi connectivity index (χ1v) is 13.6. The minimum Gasteiger partial charge on any atom is -0.398 e. The minimum atomic E-state index is -0.856. The molecule has 1 fully saturated rings. The van der Waals surface area contributed by atoms with Crippen molar-refractivity contribution in [2.24, 2.45) is 12.2 Å². The molecule has 16 heteroatoms. The van der Waals surface area contributed by atoms with E-state index in [2.05, 4.69) is 31.4 Å². The molecule has 1 saturated heterocycles. The number of hydrogen-bond donors (Lipinski definition) is 3. The molecule has 0 spiro atoms. The number of nitrogens with one attached hydrogen (secondary N) is 2. The van der Waals surface area contributed by atoms with Crippen LogP contribution in [0.1, 0.15) is 12.6 Å². The third-order valence-corrected chi connectivity index (χ3v) is 9.06. The summed E-state index contributed by atoms with van der Waals surface area (Å²) < 4.78 is 1.38. The van der Waals surface area contributed by atoms with Crippen molar-refractivity contribution in [3.63, 3.8) is 0 Å². The smallest absolute Gasteiger partial charge is 0.339 e. The number of aromatic amines is 1. The number of aryl methyl sites for hydroxylation is 1. The number of carbonyl (C=O) groups is 2. The van der Waals surface area contributed by atoms with Crippen LogP contribution in [0.4, 0.5) is 5.13 Å². The summed E-state index contributed by atoms with van der Waals surface area (Å²) in [7, 11) is 2.39. The van der Waals surface area contributed by atoms with Crippen LogP contribution in [0.15, 0.2) is 36.6 Å². The van der Waals surface area contributed by atoms with Crippen molar-refractivity contribution in [2.75, 3.05) is 24.3 Å². The normalized spacial score (nSPS) is 22.0. The first-order chi connectivity index (χ1) is 16.6. The number of H-pyrrole nitrogens is 1. The van der Waals surface area contributed by atoms with Gasteiger partial charge in [-0.1, -0.05) is 22.8 Å². The van der Waals surface area contributed by atoms with Gasteiger partial charge in [0.15, 0.2) is 16.0 Å². The Kier molecular flexibility index (Phi) is 6.95. The Morgan fingerprint density at radius 2 is 2.20 bits per heavy atom. The van der Waals surface area contributed by atoms with Gasteiger partial charge < -0.3 is 15.9 Å². The predicted octanol–water partition coefficient (Wildman–Crippen LogP) is -0.708. The Balaban J connectivity index is 1.49. The second kappa shape index (κ2) is 9.79. The molecule has 186 valence electrons. The van der Waals surface area contributed by atoms with E-state index in [-0.39, 0.29) is 27.8 Å². The van der Waals surface area contributed by atoms with E-state index in [1.165, 1.54) is 23.6 Å². The number of amides is 2. The SMILES string of the molecule is C=S1CC(CSc2nc(=O)c(=O)[nH]n2C)=C(C)N2C(=O)C(NC(=O)/C(=N/OC)c3csc(N)n3)C21. The highest BCUT2D eigenvalue weighted by Gasteiger charge is 2.52. The minimum absolute atomic E-state index is 0.0742. The zero-order valence-electron chi connectivity index (χ0n) is 18.9. The lowest BCUT2D eigenvalue weighted by Crippen LogP contribution is -2.70. The maximum atomic E-state index is 13.0. The molecule has 0 aromatic carbocycles. The van der Waals surface area contributed by atoms with E-state index >= 15 is 0 Å². The summed E-state index contributed by atoms with van der Waals surface area (Å²) in [6.07, 6.45) is 0. The van der Waals surface area contributed by atoms with Crippen molar-refractivity contribution in [3.8, 4) is 0 Å². The predicted molar refractivity (Wildman–Crippen MR) is 136 cm³/mol. The molecule has 2 aromatic rings. The van der Waals surface area contributed by atoms with Crippen molar-refractivity contribution in [2.45, 2.75) is 23.5 Å². The van der Waals surface area contributed by atoms with Crippen molar-refractivity contribution in [3.05, 3.63) is 43.1 Å². The fraction of sp³-hybridized carbons (Fsp3) is 0.368. The lowest BCUT2D eigenvalue weighted by Gasteiger charge is -2.52. The van der Waals surface area contributed by atoms with Crippen molar-refractivity contribution < 1.29 is 14.4 Å². The van der Waals surface area contributed by atoms with E-state index in [9.17, 15) is 19.2 Å². The maximum Gasteiger partial charge on any atom is 0.339 e. The number of β-lactam (4-membered cyclic amide) rings is 1. The molecule has 0 aliphatic carbocycles. The van der Waals surface area contributed by atoms with Gasteiger partial charge >= 0.3 is 11.1 Å².